The number of nitro benzene ring substituents is 1. The van der Waals surface area contributed by atoms with Gasteiger partial charge < -0.3 is 19.2 Å². The molecule has 9 heteroatoms. The number of ether oxygens (including phenoxy) is 2. The Balaban J connectivity index is 1.68. The van der Waals surface area contributed by atoms with Crippen molar-refractivity contribution in [3.63, 3.8) is 0 Å². The first kappa shape index (κ1) is 20.0. The fourth-order valence-corrected chi connectivity index (χ4v) is 2.84. The Hall–Kier alpha value is -3.72. The monoisotopic (exact) mass is 398 g/mol. The number of benzene rings is 2. The molecule has 0 saturated heterocycles. The Labute approximate surface area is 165 Å². The number of anilines is 1. The minimum absolute atomic E-state index is 0.0210. The SMILES string of the molecule is COCc1c(C(=O)OCC(=O)Nc2ccc([N+](=O)[O-])cc2C)oc2ccccc12. The second kappa shape index (κ2) is 8.53. The number of methoxy groups -OCH3 is 1. The van der Waals surface area contributed by atoms with Gasteiger partial charge in [-0.15, -0.1) is 0 Å². The number of nitrogens with one attached hydrogen (secondary N) is 1. The summed E-state index contributed by atoms with van der Waals surface area (Å²) in [5.74, 6) is -1.39. The summed E-state index contributed by atoms with van der Waals surface area (Å²) in [5, 5.41) is 14.1. The van der Waals surface area contributed by atoms with Gasteiger partial charge in [-0.05, 0) is 24.6 Å². The molecule has 1 N–H and O–H groups in total. The number of hydrogen-bond donors (Lipinski definition) is 1. The Morgan fingerprint density at radius 3 is 2.66 bits per heavy atom. The van der Waals surface area contributed by atoms with Crippen molar-refractivity contribution in [3.05, 3.63) is 69.5 Å². The minimum atomic E-state index is -0.788. The normalized spacial score (nSPS) is 10.7. The topological polar surface area (TPSA) is 121 Å². The van der Waals surface area contributed by atoms with E-state index in [0.29, 0.717) is 22.4 Å². The fraction of sp³-hybridized carbons (Fsp3) is 0.200. The Bertz CT molecular complexity index is 1090. The average Bonchev–Trinajstić information content (AvgIpc) is 3.06. The van der Waals surface area contributed by atoms with Crippen LogP contribution in [0.5, 0.6) is 0 Å². The van der Waals surface area contributed by atoms with Crippen LogP contribution in [-0.4, -0.2) is 30.5 Å². The maximum Gasteiger partial charge on any atom is 0.375 e. The van der Waals surface area contributed by atoms with Gasteiger partial charge in [0.2, 0.25) is 5.76 Å². The summed E-state index contributed by atoms with van der Waals surface area (Å²) in [6, 6.07) is 11.1. The number of amides is 1. The largest absolute Gasteiger partial charge is 0.450 e. The van der Waals surface area contributed by atoms with E-state index < -0.39 is 23.4 Å². The van der Waals surface area contributed by atoms with Gasteiger partial charge in [-0.2, -0.15) is 0 Å². The van der Waals surface area contributed by atoms with Crippen molar-refractivity contribution in [1.82, 2.24) is 0 Å². The van der Waals surface area contributed by atoms with Gasteiger partial charge in [0.15, 0.2) is 6.61 Å². The number of para-hydroxylation sites is 1. The lowest BCUT2D eigenvalue weighted by Crippen LogP contribution is -2.21. The summed E-state index contributed by atoms with van der Waals surface area (Å²) < 4.78 is 15.8. The van der Waals surface area contributed by atoms with Crippen molar-refractivity contribution in [1.29, 1.82) is 0 Å². The molecule has 0 spiro atoms. The molecule has 9 nitrogen and oxygen atoms in total. The third-order valence-electron chi connectivity index (χ3n) is 4.20. The molecule has 0 aliphatic rings. The standard InChI is InChI=1S/C20H18N2O7/c1-12-9-13(22(25)26)7-8-16(12)21-18(23)11-28-20(24)19-15(10-27-2)14-5-3-4-6-17(14)29-19/h3-9H,10-11H2,1-2H3,(H,21,23). The van der Waals surface area contributed by atoms with Gasteiger partial charge in [-0.3, -0.25) is 14.9 Å². The average molecular weight is 398 g/mol. The van der Waals surface area contributed by atoms with Gasteiger partial charge in [0.05, 0.1) is 11.5 Å². The molecule has 2 aromatic carbocycles. The first-order chi connectivity index (χ1) is 13.9. The molecule has 0 atom stereocenters. The summed E-state index contributed by atoms with van der Waals surface area (Å²) in [6.45, 7) is 1.23. The van der Waals surface area contributed by atoms with Crippen LogP contribution in [0.3, 0.4) is 0 Å². The van der Waals surface area contributed by atoms with Gasteiger partial charge in [-0.1, -0.05) is 18.2 Å². The summed E-state index contributed by atoms with van der Waals surface area (Å²) >= 11 is 0. The number of nitrogens with zero attached hydrogens (tertiary/aromatic N) is 1. The quantitative estimate of drug-likeness (QED) is 0.367. The maximum absolute atomic E-state index is 12.4. The zero-order chi connectivity index (χ0) is 21.0. The number of aryl methyl sites for hydroxylation is 1. The molecular weight excluding hydrogens is 380 g/mol. The molecule has 0 fully saturated rings. The molecule has 0 bridgehead atoms. The summed E-state index contributed by atoms with van der Waals surface area (Å²) in [6.07, 6.45) is 0. The number of furan rings is 1. The third kappa shape index (κ3) is 4.41. The first-order valence-electron chi connectivity index (χ1n) is 8.62. The van der Waals surface area contributed by atoms with Crippen LogP contribution in [-0.2, 0) is 20.9 Å². The van der Waals surface area contributed by atoms with E-state index in [4.69, 9.17) is 13.9 Å². The lowest BCUT2D eigenvalue weighted by atomic mass is 10.1. The first-order valence-corrected chi connectivity index (χ1v) is 8.62. The molecule has 29 heavy (non-hydrogen) atoms. The molecule has 1 heterocycles. The lowest BCUT2D eigenvalue weighted by Gasteiger charge is -2.09. The Morgan fingerprint density at radius 1 is 1.21 bits per heavy atom. The lowest BCUT2D eigenvalue weighted by molar-refractivity contribution is -0.384. The van der Waals surface area contributed by atoms with Gasteiger partial charge >= 0.3 is 5.97 Å². The number of fused-ring (bicyclic) bond motifs is 1. The van der Waals surface area contributed by atoms with Crippen molar-refractivity contribution < 1.29 is 28.4 Å². The van der Waals surface area contributed by atoms with E-state index in [0.717, 1.165) is 5.39 Å². The van der Waals surface area contributed by atoms with Crippen LogP contribution < -0.4 is 5.32 Å². The number of nitro groups is 1. The predicted octanol–water partition coefficient (Wildman–Crippen LogP) is 3.59. The van der Waals surface area contributed by atoms with Crippen LogP contribution in [0.1, 0.15) is 21.7 Å². The van der Waals surface area contributed by atoms with Crippen LogP contribution in [0.15, 0.2) is 46.9 Å². The molecule has 0 unspecified atom stereocenters. The summed E-state index contributed by atoms with van der Waals surface area (Å²) in [4.78, 5) is 34.8. The number of non-ortho nitro benzene ring substituents is 1. The zero-order valence-electron chi connectivity index (χ0n) is 15.8. The van der Waals surface area contributed by atoms with Crippen molar-refractivity contribution in [2.75, 3.05) is 19.0 Å². The molecular formula is C20H18N2O7. The van der Waals surface area contributed by atoms with E-state index in [1.54, 1.807) is 25.1 Å². The van der Waals surface area contributed by atoms with Gasteiger partial charge in [0.1, 0.15) is 5.58 Å². The molecule has 3 rings (SSSR count). The van der Waals surface area contributed by atoms with E-state index in [2.05, 4.69) is 5.32 Å². The van der Waals surface area contributed by atoms with Crippen molar-refractivity contribution >= 4 is 34.2 Å². The van der Waals surface area contributed by atoms with Crippen LogP contribution in [0.25, 0.3) is 11.0 Å². The highest BCUT2D eigenvalue weighted by Crippen LogP contribution is 2.27. The van der Waals surface area contributed by atoms with Gasteiger partial charge in [0.25, 0.3) is 11.6 Å². The van der Waals surface area contributed by atoms with Crippen molar-refractivity contribution in [2.45, 2.75) is 13.5 Å². The maximum atomic E-state index is 12.4. The van der Waals surface area contributed by atoms with E-state index in [-0.39, 0.29) is 18.1 Å². The molecule has 0 aliphatic carbocycles. The second-order valence-corrected chi connectivity index (χ2v) is 6.22. The molecule has 1 aromatic heterocycles. The number of esters is 1. The number of carbonyl (C=O) groups excluding carboxylic acids is 2. The molecule has 1 amide bonds. The number of hydrogen-bond acceptors (Lipinski definition) is 7. The highest BCUT2D eigenvalue weighted by Gasteiger charge is 2.22. The summed E-state index contributed by atoms with van der Waals surface area (Å²) in [7, 11) is 1.50. The molecule has 3 aromatic rings. The fourth-order valence-electron chi connectivity index (χ4n) is 2.84. The smallest absolute Gasteiger partial charge is 0.375 e. The van der Waals surface area contributed by atoms with Gasteiger partial charge in [-0.25, -0.2) is 4.79 Å². The van der Waals surface area contributed by atoms with Crippen LogP contribution >= 0.6 is 0 Å². The van der Waals surface area contributed by atoms with Crippen molar-refractivity contribution in [3.8, 4) is 0 Å². The van der Waals surface area contributed by atoms with E-state index >= 15 is 0 Å². The number of rotatable bonds is 7. The Kier molecular flexibility index (Phi) is 5.89. The van der Waals surface area contributed by atoms with Crippen molar-refractivity contribution in [2.24, 2.45) is 0 Å². The van der Waals surface area contributed by atoms with Gasteiger partial charge in [0, 0.05) is 35.9 Å². The molecule has 0 saturated carbocycles. The van der Waals surface area contributed by atoms with E-state index in [1.807, 2.05) is 6.07 Å². The molecule has 150 valence electrons. The predicted molar refractivity (Wildman–Crippen MR) is 104 cm³/mol. The Morgan fingerprint density at radius 2 is 1.97 bits per heavy atom. The van der Waals surface area contributed by atoms with Crippen LogP contribution in [0.4, 0.5) is 11.4 Å². The van der Waals surface area contributed by atoms with Crippen LogP contribution in [0.2, 0.25) is 0 Å². The third-order valence-corrected chi connectivity index (χ3v) is 4.20. The van der Waals surface area contributed by atoms with E-state index in [1.165, 1.54) is 25.3 Å². The zero-order valence-corrected chi connectivity index (χ0v) is 15.8. The second-order valence-electron chi connectivity index (χ2n) is 6.22. The highest BCUT2D eigenvalue weighted by atomic mass is 16.6. The molecule has 0 aliphatic heterocycles. The summed E-state index contributed by atoms with van der Waals surface area (Å²) in [5.41, 5.74) is 1.87. The number of carbonyl (C=O) groups is 2. The van der Waals surface area contributed by atoms with E-state index in [9.17, 15) is 19.7 Å². The molecule has 0 radical (unpaired) electrons. The highest BCUT2D eigenvalue weighted by molar-refractivity contribution is 5.98. The van der Waals surface area contributed by atoms with Crippen LogP contribution in [0, 0.1) is 17.0 Å². The minimum Gasteiger partial charge on any atom is -0.450 e.